The van der Waals surface area contributed by atoms with E-state index in [1.165, 1.54) is 30.3 Å². The summed E-state index contributed by atoms with van der Waals surface area (Å²) in [6, 6.07) is 8.26. The van der Waals surface area contributed by atoms with Gasteiger partial charge in [0.1, 0.15) is 11.6 Å². The number of rotatable bonds is 6. The Hall–Kier alpha value is -2.87. The largest absolute Gasteiger partial charge is 0.280 e. The summed E-state index contributed by atoms with van der Waals surface area (Å²) in [5.74, 6) is -1.20. The van der Waals surface area contributed by atoms with Crippen LogP contribution in [0.5, 0.6) is 0 Å². The van der Waals surface area contributed by atoms with Crippen molar-refractivity contribution >= 4 is 16.6 Å². The van der Waals surface area contributed by atoms with Crippen LogP contribution in [0, 0.1) is 21.7 Å². The van der Waals surface area contributed by atoms with Gasteiger partial charge in [-0.15, -0.1) is 0 Å². The molecule has 0 aliphatic rings. The molecule has 0 aliphatic heterocycles. The van der Waals surface area contributed by atoms with E-state index in [1.807, 2.05) is 6.92 Å². The predicted molar refractivity (Wildman–Crippen MR) is 88.8 cm³/mol. The maximum atomic E-state index is 13.9. The Balaban J connectivity index is 1.88. The molecule has 0 N–H and O–H groups in total. The fourth-order valence-corrected chi connectivity index (χ4v) is 2.64. The summed E-state index contributed by atoms with van der Waals surface area (Å²) < 4.78 is 29.3. The molecule has 3 rings (SSSR count). The molecular formula is C17H16F2N4O2. The van der Waals surface area contributed by atoms with Gasteiger partial charge in [0.2, 0.25) is 0 Å². The van der Waals surface area contributed by atoms with Crippen molar-refractivity contribution in [2.75, 3.05) is 6.54 Å². The van der Waals surface area contributed by atoms with Crippen LogP contribution in [0.25, 0.3) is 10.9 Å². The first kappa shape index (κ1) is 17.0. The first-order valence-corrected chi connectivity index (χ1v) is 7.74. The predicted octanol–water partition coefficient (Wildman–Crippen LogP) is 3.70. The molecule has 0 atom stereocenters. The van der Waals surface area contributed by atoms with Crippen molar-refractivity contribution in [2.45, 2.75) is 20.1 Å². The smallest absolute Gasteiger partial charge is 0.271 e. The SMILES string of the molecule is CCN(Cc1c(F)cccc1F)Cn1ncc2ccc([N+](=O)[O-])cc21. The van der Waals surface area contributed by atoms with Crippen LogP contribution in [0.2, 0.25) is 0 Å². The van der Waals surface area contributed by atoms with E-state index in [4.69, 9.17) is 0 Å². The second kappa shape index (κ2) is 6.94. The quantitative estimate of drug-likeness (QED) is 0.504. The molecule has 1 heterocycles. The van der Waals surface area contributed by atoms with Crippen molar-refractivity contribution in [3.05, 3.63) is 69.9 Å². The van der Waals surface area contributed by atoms with Crippen molar-refractivity contribution in [3.8, 4) is 0 Å². The molecular weight excluding hydrogens is 330 g/mol. The summed E-state index contributed by atoms with van der Waals surface area (Å²) in [4.78, 5) is 12.3. The van der Waals surface area contributed by atoms with Gasteiger partial charge in [0.15, 0.2) is 0 Å². The first-order chi connectivity index (χ1) is 12.0. The third-order valence-corrected chi connectivity index (χ3v) is 4.06. The van der Waals surface area contributed by atoms with Crippen LogP contribution in [-0.4, -0.2) is 26.1 Å². The van der Waals surface area contributed by atoms with Gasteiger partial charge in [0, 0.05) is 29.6 Å². The summed E-state index contributed by atoms with van der Waals surface area (Å²) in [6.45, 7) is 2.73. The third-order valence-electron chi connectivity index (χ3n) is 4.06. The summed E-state index contributed by atoms with van der Waals surface area (Å²) >= 11 is 0. The van der Waals surface area contributed by atoms with Crippen LogP contribution < -0.4 is 0 Å². The van der Waals surface area contributed by atoms with Crippen molar-refractivity contribution in [1.82, 2.24) is 14.7 Å². The van der Waals surface area contributed by atoms with Gasteiger partial charge in [-0.2, -0.15) is 5.10 Å². The monoisotopic (exact) mass is 346 g/mol. The van der Waals surface area contributed by atoms with Crippen molar-refractivity contribution in [2.24, 2.45) is 0 Å². The minimum Gasteiger partial charge on any atom is -0.280 e. The summed E-state index contributed by atoms with van der Waals surface area (Å²) in [5.41, 5.74) is 0.561. The number of non-ortho nitro benzene ring substituents is 1. The Morgan fingerprint density at radius 3 is 2.60 bits per heavy atom. The molecule has 0 spiro atoms. The third kappa shape index (κ3) is 3.48. The van der Waals surface area contributed by atoms with E-state index >= 15 is 0 Å². The maximum absolute atomic E-state index is 13.9. The Kier molecular flexibility index (Phi) is 4.71. The van der Waals surface area contributed by atoms with Gasteiger partial charge >= 0.3 is 0 Å². The number of nitro groups is 1. The number of hydrogen-bond acceptors (Lipinski definition) is 4. The van der Waals surface area contributed by atoms with Gasteiger partial charge in [0.05, 0.1) is 23.3 Å². The number of hydrogen-bond donors (Lipinski definition) is 0. The van der Waals surface area contributed by atoms with Gasteiger partial charge in [-0.1, -0.05) is 13.0 Å². The lowest BCUT2D eigenvalue weighted by Gasteiger charge is -2.21. The number of halogens is 2. The van der Waals surface area contributed by atoms with Gasteiger partial charge in [0.25, 0.3) is 5.69 Å². The van der Waals surface area contributed by atoms with Crippen LogP contribution >= 0.6 is 0 Å². The molecule has 8 heteroatoms. The average molecular weight is 346 g/mol. The van der Waals surface area contributed by atoms with Crippen molar-refractivity contribution in [3.63, 3.8) is 0 Å². The highest BCUT2D eigenvalue weighted by Crippen LogP contribution is 2.21. The molecule has 0 saturated carbocycles. The molecule has 0 bridgehead atoms. The second-order valence-corrected chi connectivity index (χ2v) is 5.63. The lowest BCUT2D eigenvalue weighted by molar-refractivity contribution is -0.384. The number of benzene rings is 2. The molecule has 130 valence electrons. The zero-order valence-corrected chi connectivity index (χ0v) is 13.5. The summed E-state index contributed by atoms with van der Waals surface area (Å²) in [6.07, 6.45) is 1.61. The minimum atomic E-state index is -0.598. The molecule has 2 aromatic carbocycles. The molecule has 0 saturated heterocycles. The van der Waals surface area contributed by atoms with Gasteiger partial charge in [-0.25, -0.2) is 8.78 Å². The van der Waals surface area contributed by atoms with E-state index in [0.29, 0.717) is 12.1 Å². The lowest BCUT2D eigenvalue weighted by Crippen LogP contribution is -2.27. The molecule has 0 radical (unpaired) electrons. The summed E-state index contributed by atoms with van der Waals surface area (Å²) in [5, 5.41) is 16.0. The normalized spacial score (nSPS) is 11.4. The van der Waals surface area contributed by atoms with Crippen LogP contribution in [-0.2, 0) is 13.2 Å². The summed E-state index contributed by atoms with van der Waals surface area (Å²) in [7, 11) is 0. The average Bonchev–Trinajstić information content (AvgIpc) is 2.99. The zero-order valence-electron chi connectivity index (χ0n) is 13.5. The first-order valence-electron chi connectivity index (χ1n) is 7.74. The van der Waals surface area contributed by atoms with Gasteiger partial charge in [-0.3, -0.25) is 19.7 Å². The maximum Gasteiger partial charge on any atom is 0.271 e. The van der Waals surface area contributed by atoms with E-state index in [2.05, 4.69) is 5.10 Å². The number of nitro benzene ring substituents is 1. The van der Waals surface area contributed by atoms with E-state index in [0.717, 1.165) is 5.39 Å². The number of fused-ring (bicyclic) bond motifs is 1. The highest BCUT2D eigenvalue weighted by atomic mass is 19.1. The molecule has 0 fully saturated rings. The lowest BCUT2D eigenvalue weighted by atomic mass is 10.2. The molecule has 25 heavy (non-hydrogen) atoms. The van der Waals surface area contributed by atoms with Gasteiger partial charge < -0.3 is 0 Å². The van der Waals surface area contributed by atoms with E-state index in [9.17, 15) is 18.9 Å². The second-order valence-electron chi connectivity index (χ2n) is 5.63. The minimum absolute atomic E-state index is 0.00760. The Morgan fingerprint density at radius 1 is 1.24 bits per heavy atom. The number of nitrogens with zero attached hydrogens (tertiary/aromatic N) is 4. The topological polar surface area (TPSA) is 64.2 Å². The van der Waals surface area contributed by atoms with E-state index in [1.54, 1.807) is 21.8 Å². The Bertz CT molecular complexity index is 906. The van der Waals surface area contributed by atoms with Crippen molar-refractivity contribution < 1.29 is 13.7 Å². The molecule has 6 nitrogen and oxygen atoms in total. The van der Waals surface area contributed by atoms with Gasteiger partial charge in [-0.05, 0) is 24.7 Å². The molecule has 0 aliphatic carbocycles. The molecule has 0 unspecified atom stereocenters. The van der Waals surface area contributed by atoms with Crippen LogP contribution in [0.3, 0.4) is 0 Å². The standard InChI is InChI=1S/C17H16F2N4O2/c1-2-21(10-14-15(18)4-3-5-16(14)19)11-22-17-8-13(23(24)25)7-6-12(17)9-20-22/h3-9H,2,10-11H2,1H3. The zero-order chi connectivity index (χ0) is 18.0. The molecule has 0 amide bonds. The van der Waals surface area contributed by atoms with Crippen LogP contribution in [0.1, 0.15) is 12.5 Å². The highest BCUT2D eigenvalue weighted by molar-refractivity contribution is 5.80. The van der Waals surface area contributed by atoms with Crippen molar-refractivity contribution in [1.29, 1.82) is 0 Å². The van der Waals surface area contributed by atoms with E-state index in [-0.39, 0.29) is 24.5 Å². The highest BCUT2D eigenvalue weighted by Gasteiger charge is 2.15. The number of aromatic nitrogens is 2. The Labute approximate surface area is 142 Å². The fourth-order valence-electron chi connectivity index (χ4n) is 2.64. The fraction of sp³-hybridized carbons (Fsp3) is 0.235. The molecule has 1 aromatic heterocycles. The Morgan fingerprint density at radius 2 is 1.96 bits per heavy atom. The molecule has 3 aromatic rings. The van der Waals surface area contributed by atoms with Crippen LogP contribution in [0.15, 0.2) is 42.6 Å². The van der Waals surface area contributed by atoms with Crippen LogP contribution in [0.4, 0.5) is 14.5 Å². The van der Waals surface area contributed by atoms with E-state index < -0.39 is 16.6 Å².